The summed E-state index contributed by atoms with van der Waals surface area (Å²) in [6, 6.07) is 2.98. The Morgan fingerprint density at radius 1 is 1.38 bits per heavy atom. The topological polar surface area (TPSA) is 69.2 Å². The lowest BCUT2D eigenvalue weighted by Gasteiger charge is -2.42. The standard InChI is InChI=1S/C18H20ClF2N3O2/c1-9(25)24-7-10-2-3-11(8-24)15(10)18(20,21)17(26)14-5-13(19)4-12-6-22-23-16(12)14/h4-6,10-11,15,17,26H,2-3,7-8H2,1H3,(H,22,23)/t10-,11+,15+,17?. The van der Waals surface area contributed by atoms with Gasteiger partial charge in [-0.1, -0.05) is 11.6 Å². The quantitative estimate of drug-likeness (QED) is 0.853. The van der Waals surface area contributed by atoms with Crippen molar-refractivity contribution in [2.45, 2.75) is 31.8 Å². The van der Waals surface area contributed by atoms with Crippen LogP contribution in [0, 0.1) is 17.8 Å². The maximum atomic E-state index is 15.4. The Kier molecular flexibility index (Phi) is 4.19. The number of carbonyl (C=O) groups is 1. The summed E-state index contributed by atoms with van der Waals surface area (Å²) in [5.74, 6) is -4.97. The summed E-state index contributed by atoms with van der Waals surface area (Å²) in [6.45, 7) is 2.12. The number of piperidine rings is 1. The molecule has 1 saturated heterocycles. The minimum atomic E-state index is -3.32. The van der Waals surface area contributed by atoms with Crippen LogP contribution < -0.4 is 0 Å². The molecule has 0 radical (unpaired) electrons. The molecule has 140 valence electrons. The number of fused-ring (bicyclic) bond motifs is 3. The average Bonchev–Trinajstić information content (AvgIpc) is 3.15. The molecule has 1 saturated carbocycles. The van der Waals surface area contributed by atoms with Gasteiger partial charge in [-0.15, -0.1) is 0 Å². The minimum Gasteiger partial charge on any atom is -0.382 e. The van der Waals surface area contributed by atoms with Gasteiger partial charge in [-0.05, 0) is 36.8 Å². The van der Waals surface area contributed by atoms with Crippen LogP contribution in [0.15, 0.2) is 18.3 Å². The first-order valence-corrected chi connectivity index (χ1v) is 9.10. The Morgan fingerprint density at radius 2 is 2.04 bits per heavy atom. The van der Waals surface area contributed by atoms with E-state index in [-0.39, 0.29) is 28.3 Å². The maximum absolute atomic E-state index is 15.4. The van der Waals surface area contributed by atoms with E-state index in [4.69, 9.17) is 11.6 Å². The smallest absolute Gasteiger partial charge is 0.281 e. The molecule has 2 aliphatic rings. The second kappa shape index (κ2) is 6.16. The van der Waals surface area contributed by atoms with Crippen molar-refractivity contribution < 1.29 is 18.7 Å². The molecule has 1 aromatic carbocycles. The van der Waals surface area contributed by atoms with Gasteiger partial charge in [-0.25, -0.2) is 8.78 Å². The molecular weight excluding hydrogens is 364 g/mol. The zero-order chi connectivity index (χ0) is 18.6. The van der Waals surface area contributed by atoms with Gasteiger partial charge in [-0.3, -0.25) is 9.89 Å². The Labute approximate surface area is 154 Å². The number of aliphatic hydroxyl groups excluding tert-OH is 1. The van der Waals surface area contributed by atoms with Crippen LogP contribution in [0.1, 0.15) is 31.4 Å². The second-order valence-electron chi connectivity index (χ2n) is 7.45. The van der Waals surface area contributed by atoms with E-state index in [0.717, 1.165) is 0 Å². The summed E-state index contributed by atoms with van der Waals surface area (Å²) in [6.07, 6.45) is 0.804. The van der Waals surface area contributed by atoms with Crippen molar-refractivity contribution in [3.63, 3.8) is 0 Å². The van der Waals surface area contributed by atoms with Crippen LogP contribution in [0.25, 0.3) is 10.9 Å². The third kappa shape index (κ3) is 2.68. The molecule has 2 heterocycles. The molecule has 2 bridgehead atoms. The summed E-state index contributed by atoms with van der Waals surface area (Å²) in [4.78, 5) is 13.3. The van der Waals surface area contributed by atoms with Crippen LogP contribution in [-0.4, -0.2) is 45.1 Å². The summed E-state index contributed by atoms with van der Waals surface area (Å²) >= 11 is 6.04. The monoisotopic (exact) mass is 383 g/mol. The van der Waals surface area contributed by atoms with Crippen molar-refractivity contribution in [2.24, 2.45) is 17.8 Å². The van der Waals surface area contributed by atoms with Crippen LogP contribution in [0.5, 0.6) is 0 Å². The van der Waals surface area contributed by atoms with Gasteiger partial charge in [0.05, 0.1) is 11.7 Å². The number of carbonyl (C=O) groups excluding carboxylic acids is 1. The zero-order valence-corrected chi connectivity index (χ0v) is 15.0. The van der Waals surface area contributed by atoms with E-state index in [1.165, 1.54) is 19.2 Å². The van der Waals surface area contributed by atoms with Crippen molar-refractivity contribution in [3.05, 3.63) is 28.9 Å². The first-order chi connectivity index (χ1) is 12.3. The number of halogens is 3. The maximum Gasteiger partial charge on any atom is 0.281 e. The Hall–Kier alpha value is -1.73. The molecule has 1 aromatic heterocycles. The van der Waals surface area contributed by atoms with Crippen molar-refractivity contribution in [1.82, 2.24) is 15.1 Å². The molecule has 1 unspecified atom stereocenters. The molecule has 5 nitrogen and oxygen atoms in total. The number of rotatable bonds is 3. The first kappa shape index (κ1) is 17.7. The molecule has 2 fully saturated rings. The zero-order valence-electron chi connectivity index (χ0n) is 14.3. The molecular formula is C18H20ClF2N3O2. The fourth-order valence-electron chi connectivity index (χ4n) is 4.76. The van der Waals surface area contributed by atoms with E-state index in [2.05, 4.69) is 10.2 Å². The Morgan fingerprint density at radius 3 is 2.65 bits per heavy atom. The lowest BCUT2D eigenvalue weighted by molar-refractivity contribution is -0.182. The highest BCUT2D eigenvalue weighted by molar-refractivity contribution is 6.31. The molecule has 4 atom stereocenters. The number of H-pyrrole nitrogens is 1. The molecule has 1 amide bonds. The predicted molar refractivity (Wildman–Crippen MR) is 93.0 cm³/mol. The normalized spacial score (nSPS) is 27.1. The van der Waals surface area contributed by atoms with Crippen LogP contribution in [0.2, 0.25) is 5.02 Å². The summed E-state index contributed by atoms with van der Waals surface area (Å²) < 4.78 is 30.8. The number of alkyl halides is 2. The fourth-order valence-corrected chi connectivity index (χ4v) is 5.00. The molecule has 2 N–H and O–H groups in total. The number of hydrogen-bond acceptors (Lipinski definition) is 3. The van der Waals surface area contributed by atoms with Crippen molar-refractivity contribution in [3.8, 4) is 0 Å². The summed E-state index contributed by atoms with van der Waals surface area (Å²) in [5.41, 5.74) is 0.429. The van der Waals surface area contributed by atoms with Gasteiger partial charge in [0, 0.05) is 41.9 Å². The van der Waals surface area contributed by atoms with Crippen molar-refractivity contribution >= 4 is 28.4 Å². The lowest BCUT2D eigenvalue weighted by atomic mass is 9.77. The van der Waals surface area contributed by atoms with Crippen molar-refractivity contribution in [1.29, 1.82) is 0 Å². The predicted octanol–water partition coefficient (Wildman–Crippen LogP) is 3.39. The molecule has 0 spiro atoms. The third-order valence-corrected chi connectivity index (χ3v) is 6.15. The minimum absolute atomic E-state index is 0.0587. The summed E-state index contributed by atoms with van der Waals surface area (Å²) in [5, 5.41) is 18.0. The van der Waals surface area contributed by atoms with E-state index < -0.39 is 17.9 Å². The first-order valence-electron chi connectivity index (χ1n) is 8.73. The van der Waals surface area contributed by atoms with Gasteiger partial charge in [0.1, 0.15) is 6.10 Å². The third-order valence-electron chi connectivity index (χ3n) is 5.93. The second-order valence-corrected chi connectivity index (χ2v) is 7.89. The lowest BCUT2D eigenvalue weighted by Crippen LogP contribution is -2.51. The van der Waals surface area contributed by atoms with E-state index in [1.54, 1.807) is 11.0 Å². The van der Waals surface area contributed by atoms with Crippen LogP contribution in [0.3, 0.4) is 0 Å². The van der Waals surface area contributed by atoms with E-state index >= 15 is 8.78 Å². The van der Waals surface area contributed by atoms with Gasteiger partial charge in [0.15, 0.2) is 0 Å². The number of nitrogens with one attached hydrogen (secondary N) is 1. The molecule has 2 aromatic rings. The molecule has 1 aliphatic heterocycles. The van der Waals surface area contributed by atoms with Crippen LogP contribution >= 0.6 is 11.6 Å². The van der Waals surface area contributed by atoms with Gasteiger partial charge >= 0.3 is 0 Å². The fraction of sp³-hybridized carbons (Fsp3) is 0.556. The summed E-state index contributed by atoms with van der Waals surface area (Å²) in [7, 11) is 0. The van der Waals surface area contributed by atoms with E-state index in [9.17, 15) is 9.90 Å². The Balaban J connectivity index is 1.68. The van der Waals surface area contributed by atoms with Gasteiger partial charge in [0.2, 0.25) is 5.91 Å². The highest BCUT2D eigenvalue weighted by Crippen LogP contribution is 2.53. The number of aliphatic hydroxyl groups is 1. The van der Waals surface area contributed by atoms with E-state index in [0.29, 0.717) is 36.8 Å². The van der Waals surface area contributed by atoms with Crippen LogP contribution in [-0.2, 0) is 4.79 Å². The highest BCUT2D eigenvalue weighted by Gasteiger charge is 2.58. The highest BCUT2D eigenvalue weighted by atomic mass is 35.5. The number of aromatic nitrogens is 2. The number of hydrogen-bond donors (Lipinski definition) is 2. The van der Waals surface area contributed by atoms with Crippen LogP contribution in [0.4, 0.5) is 8.78 Å². The molecule has 1 aliphatic carbocycles. The largest absolute Gasteiger partial charge is 0.382 e. The molecule has 4 rings (SSSR count). The van der Waals surface area contributed by atoms with Crippen molar-refractivity contribution in [2.75, 3.05) is 13.1 Å². The number of amides is 1. The molecule has 8 heteroatoms. The SMILES string of the molecule is CC(=O)N1C[C@H]2CC[C@@H](C1)[C@H]2C(F)(F)C(O)c1cc(Cl)cc2cn[nH]c12. The number of aromatic amines is 1. The average molecular weight is 384 g/mol. The number of nitrogens with zero attached hydrogens (tertiary/aromatic N) is 2. The Bertz CT molecular complexity index is 842. The van der Waals surface area contributed by atoms with Gasteiger partial charge < -0.3 is 10.0 Å². The van der Waals surface area contributed by atoms with Gasteiger partial charge in [0.25, 0.3) is 5.92 Å². The number of benzene rings is 1. The van der Waals surface area contributed by atoms with Gasteiger partial charge in [-0.2, -0.15) is 5.10 Å². The molecule has 26 heavy (non-hydrogen) atoms. The van der Waals surface area contributed by atoms with E-state index in [1.807, 2.05) is 0 Å². The number of likely N-dealkylation sites (tertiary alicyclic amines) is 1.